The van der Waals surface area contributed by atoms with Crippen LogP contribution in [-0.2, 0) is 32.0 Å². The van der Waals surface area contributed by atoms with Crippen LogP contribution in [0.25, 0.3) is 0 Å². The minimum Gasteiger partial charge on any atom is -0.480 e. The van der Waals surface area contributed by atoms with Gasteiger partial charge < -0.3 is 9.84 Å². The molecule has 0 bridgehead atoms. The zero-order chi connectivity index (χ0) is 22.2. The summed E-state index contributed by atoms with van der Waals surface area (Å²) in [5.41, 5.74) is 2.65. The van der Waals surface area contributed by atoms with Crippen LogP contribution in [0, 0.1) is 0 Å². The summed E-state index contributed by atoms with van der Waals surface area (Å²) in [5.74, 6) is -1.81. The molecule has 7 heteroatoms. The number of rotatable bonds is 9. The number of benzene rings is 2. The second kappa shape index (κ2) is 10.7. The largest absolute Gasteiger partial charge is 0.480 e. The summed E-state index contributed by atoms with van der Waals surface area (Å²) in [4.78, 5) is 38.8. The standard InChI is InChI=1S/C24H28N2O5/c1-2-31-22(27)16-26-21-11-7-6-10-18(21)13-15-19(23(26)28)25-20(24(29)30)14-12-17-8-4-3-5-9-17/h3-11,19-20,25H,2,12-16H2,1H3,(H,29,30)/t19-,20-/m0/s1. The highest BCUT2D eigenvalue weighted by Gasteiger charge is 2.34. The molecule has 0 spiro atoms. The molecule has 1 aliphatic rings. The number of hydrogen-bond donors (Lipinski definition) is 2. The van der Waals surface area contributed by atoms with Gasteiger partial charge in [-0.1, -0.05) is 48.5 Å². The number of aliphatic carboxylic acids is 1. The van der Waals surface area contributed by atoms with Crippen molar-refractivity contribution in [3.8, 4) is 0 Å². The number of ether oxygens (including phenoxy) is 1. The lowest BCUT2D eigenvalue weighted by molar-refractivity contribution is -0.143. The number of nitrogens with zero attached hydrogens (tertiary/aromatic N) is 1. The Balaban J connectivity index is 1.77. The molecule has 1 aliphatic heterocycles. The van der Waals surface area contributed by atoms with E-state index < -0.39 is 24.0 Å². The van der Waals surface area contributed by atoms with Crippen molar-refractivity contribution in [1.82, 2.24) is 5.32 Å². The number of hydrogen-bond acceptors (Lipinski definition) is 5. The maximum atomic E-state index is 13.3. The van der Waals surface area contributed by atoms with Gasteiger partial charge in [0.05, 0.1) is 12.6 Å². The first-order valence-corrected chi connectivity index (χ1v) is 10.6. The highest BCUT2D eigenvalue weighted by Crippen LogP contribution is 2.27. The van der Waals surface area contributed by atoms with Crippen molar-refractivity contribution in [1.29, 1.82) is 0 Å². The van der Waals surface area contributed by atoms with E-state index in [-0.39, 0.29) is 19.1 Å². The van der Waals surface area contributed by atoms with Gasteiger partial charge in [-0.15, -0.1) is 0 Å². The number of fused-ring (bicyclic) bond motifs is 1. The predicted molar refractivity (Wildman–Crippen MR) is 117 cm³/mol. The number of esters is 1. The topological polar surface area (TPSA) is 95.9 Å². The van der Waals surface area contributed by atoms with Crippen molar-refractivity contribution < 1.29 is 24.2 Å². The third-order valence-corrected chi connectivity index (χ3v) is 5.41. The van der Waals surface area contributed by atoms with Crippen LogP contribution in [-0.4, -0.2) is 48.2 Å². The highest BCUT2D eigenvalue weighted by atomic mass is 16.5. The molecule has 31 heavy (non-hydrogen) atoms. The summed E-state index contributed by atoms with van der Waals surface area (Å²) in [5, 5.41) is 12.8. The quantitative estimate of drug-likeness (QED) is 0.601. The van der Waals surface area contributed by atoms with E-state index in [0.717, 1.165) is 11.1 Å². The van der Waals surface area contributed by atoms with E-state index in [1.807, 2.05) is 48.5 Å². The molecule has 0 aliphatic carbocycles. The van der Waals surface area contributed by atoms with E-state index in [1.165, 1.54) is 4.90 Å². The van der Waals surface area contributed by atoms with Crippen LogP contribution in [0.2, 0.25) is 0 Å². The minimum absolute atomic E-state index is 0.205. The second-order valence-corrected chi connectivity index (χ2v) is 7.53. The number of carbonyl (C=O) groups excluding carboxylic acids is 2. The number of carbonyl (C=O) groups is 3. The van der Waals surface area contributed by atoms with Crippen molar-refractivity contribution >= 4 is 23.5 Å². The van der Waals surface area contributed by atoms with Crippen LogP contribution in [0.4, 0.5) is 5.69 Å². The van der Waals surface area contributed by atoms with Crippen LogP contribution in [0.1, 0.15) is 30.9 Å². The van der Waals surface area contributed by atoms with Gasteiger partial charge in [0.2, 0.25) is 5.91 Å². The zero-order valence-corrected chi connectivity index (χ0v) is 17.6. The van der Waals surface area contributed by atoms with Crippen LogP contribution in [0.15, 0.2) is 54.6 Å². The van der Waals surface area contributed by atoms with E-state index in [1.54, 1.807) is 13.0 Å². The molecule has 3 rings (SSSR count). The van der Waals surface area contributed by atoms with Gasteiger partial charge in [-0.25, -0.2) is 0 Å². The third kappa shape index (κ3) is 5.92. The van der Waals surface area contributed by atoms with Crippen molar-refractivity contribution in [2.45, 2.75) is 44.7 Å². The Morgan fingerprint density at radius 2 is 1.87 bits per heavy atom. The van der Waals surface area contributed by atoms with Gasteiger partial charge in [-0.3, -0.25) is 24.6 Å². The van der Waals surface area contributed by atoms with Gasteiger partial charge in [0.25, 0.3) is 0 Å². The van der Waals surface area contributed by atoms with Crippen LogP contribution < -0.4 is 10.2 Å². The van der Waals surface area contributed by atoms with Gasteiger partial charge in [0.15, 0.2) is 0 Å². The lowest BCUT2D eigenvalue weighted by Gasteiger charge is -2.27. The fourth-order valence-corrected chi connectivity index (χ4v) is 3.85. The molecule has 0 saturated carbocycles. The van der Waals surface area contributed by atoms with Gasteiger partial charge in [0, 0.05) is 5.69 Å². The SMILES string of the molecule is CCOC(=O)CN1C(=O)[C@@H](N[C@@H](CCc2ccccc2)C(=O)O)CCc2ccccc21. The Labute approximate surface area is 182 Å². The van der Waals surface area contributed by atoms with Gasteiger partial charge in [0.1, 0.15) is 12.6 Å². The van der Waals surface area contributed by atoms with Crippen LogP contribution in [0.3, 0.4) is 0 Å². The number of carboxylic acids is 1. The van der Waals surface area contributed by atoms with Gasteiger partial charge >= 0.3 is 11.9 Å². The molecule has 0 saturated heterocycles. The van der Waals surface area contributed by atoms with E-state index in [2.05, 4.69) is 5.32 Å². The summed E-state index contributed by atoms with van der Waals surface area (Å²) in [7, 11) is 0. The molecule has 2 atom stereocenters. The number of aryl methyl sites for hydroxylation is 2. The molecule has 2 N–H and O–H groups in total. The molecular formula is C24H28N2O5. The highest BCUT2D eigenvalue weighted by molar-refractivity contribution is 6.02. The first-order chi connectivity index (χ1) is 15.0. The molecule has 1 heterocycles. The Kier molecular flexibility index (Phi) is 7.78. The molecule has 164 valence electrons. The number of nitrogens with one attached hydrogen (secondary N) is 1. The molecule has 1 amide bonds. The molecule has 2 aromatic rings. The molecule has 2 aromatic carbocycles. The Hall–Kier alpha value is -3.19. The fourth-order valence-electron chi connectivity index (χ4n) is 3.85. The van der Waals surface area contributed by atoms with Gasteiger partial charge in [-0.2, -0.15) is 0 Å². The average Bonchev–Trinajstić information content (AvgIpc) is 2.89. The smallest absolute Gasteiger partial charge is 0.326 e. The summed E-state index contributed by atoms with van der Waals surface area (Å²) in [6.07, 6.45) is 1.99. The van der Waals surface area contributed by atoms with Crippen molar-refractivity contribution in [2.75, 3.05) is 18.1 Å². The Morgan fingerprint density at radius 3 is 2.58 bits per heavy atom. The number of anilines is 1. The van der Waals surface area contributed by atoms with Crippen molar-refractivity contribution in [3.05, 3.63) is 65.7 Å². The Bertz CT molecular complexity index is 915. The molecular weight excluding hydrogens is 396 g/mol. The average molecular weight is 424 g/mol. The lowest BCUT2D eigenvalue weighted by atomic mass is 10.0. The predicted octanol–water partition coefficient (Wildman–Crippen LogP) is 2.57. The van der Waals surface area contributed by atoms with Gasteiger partial charge in [-0.05, 0) is 49.8 Å². The van der Waals surface area contributed by atoms with E-state index in [0.29, 0.717) is 31.4 Å². The summed E-state index contributed by atoms with van der Waals surface area (Å²) < 4.78 is 5.04. The first-order valence-electron chi connectivity index (χ1n) is 10.6. The fraction of sp³-hybridized carbons (Fsp3) is 0.375. The Morgan fingerprint density at radius 1 is 1.16 bits per heavy atom. The maximum absolute atomic E-state index is 13.3. The van der Waals surface area contributed by atoms with E-state index in [4.69, 9.17) is 4.74 Å². The normalized spacial score (nSPS) is 16.9. The summed E-state index contributed by atoms with van der Waals surface area (Å²) in [6, 6.07) is 15.5. The summed E-state index contributed by atoms with van der Waals surface area (Å²) >= 11 is 0. The zero-order valence-electron chi connectivity index (χ0n) is 17.6. The second-order valence-electron chi connectivity index (χ2n) is 7.53. The molecule has 0 radical (unpaired) electrons. The van der Waals surface area contributed by atoms with E-state index >= 15 is 0 Å². The van der Waals surface area contributed by atoms with Crippen molar-refractivity contribution in [3.63, 3.8) is 0 Å². The number of carboxylic acid groups (broad SMARTS) is 1. The van der Waals surface area contributed by atoms with Crippen LogP contribution >= 0.6 is 0 Å². The monoisotopic (exact) mass is 424 g/mol. The minimum atomic E-state index is -0.998. The molecule has 0 aromatic heterocycles. The van der Waals surface area contributed by atoms with E-state index in [9.17, 15) is 19.5 Å². The molecule has 0 unspecified atom stereocenters. The molecule has 0 fully saturated rings. The molecule has 7 nitrogen and oxygen atoms in total. The summed E-state index contributed by atoms with van der Waals surface area (Å²) in [6.45, 7) is 1.74. The number of amides is 1. The van der Waals surface area contributed by atoms with Crippen LogP contribution in [0.5, 0.6) is 0 Å². The van der Waals surface area contributed by atoms with Crippen molar-refractivity contribution in [2.24, 2.45) is 0 Å². The maximum Gasteiger partial charge on any atom is 0.326 e. The first kappa shape index (κ1) is 22.5. The number of para-hydroxylation sites is 1. The third-order valence-electron chi connectivity index (χ3n) is 5.41. The lowest BCUT2D eigenvalue weighted by Crippen LogP contribution is -2.52.